The molecule has 0 aliphatic carbocycles. The summed E-state index contributed by atoms with van der Waals surface area (Å²) in [4.78, 5) is 4.53. The van der Waals surface area contributed by atoms with Gasteiger partial charge in [-0.3, -0.25) is 4.98 Å². The summed E-state index contributed by atoms with van der Waals surface area (Å²) in [5.41, 5.74) is 3.18. The van der Waals surface area contributed by atoms with Crippen molar-refractivity contribution < 1.29 is 0 Å². The zero-order valence-corrected chi connectivity index (χ0v) is 11.7. The number of alkyl halides is 1. The second-order valence-corrected chi connectivity index (χ2v) is 5.21. The minimum atomic E-state index is 0.183. The van der Waals surface area contributed by atoms with Gasteiger partial charge in [0.15, 0.2) is 0 Å². The van der Waals surface area contributed by atoms with Gasteiger partial charge in [0.25, 0.3) is 0 Å². The Hall–Kier alpha value is -1.28. The summed E-state index contributed by atoms with van der Waals surface area (Å²) in [5.74, 6) is 0. The van der Waals surface area contributed by atoms with Crippen LogP contribution in [0.1, 0.15) is 25.5 Å². The van der Waals surface area contributed by atoms with E-state index in [4.69, 9.17) is 11.6 Å². The van der Waals surface area contributed by atoms with E-state index in [0.717, 1.165) is 41.7 Å². The van der Waals surface area contributed by atoms with Crippen molar-refractivity contribution in [2.45, 2.75) is 32.1 Å². The van der Waals surface area contributed by atoms with Crippen molar-refractivity contribution in [1.29, 1.82) is 0 Å². The summed E-state index contributed by atoms with van der Waals surface area (Å²) in [7, 11) is 0. The maximum Gasteiger partial charge on any atom is 0.0725 e. The van der Waals surface area contributed by atoms with E-state index < -0.39 is 0 Å². The summed E-state index contributed by atoms with van der Waals surface area (Å²) >= 11 is 6.24. The van der Waals surface area contributed by atoms with Crippen LogP contribution >= 0.6 is 11.6 Å². The Morgan fingerprint density at radius 3 is 2.89 bits per heavy atom. The minimum Gasteiger partial charge on any atom is -0.383 e. The molecule has 0 saturated carbocycles. The Balaban J connectivity index is 2.21. The maximum absolute atomic E-state index is 6.24. The van der Waals surface area contributed by atoms with Crippen LogP contribution in [0.15, 0.2) is 30.3 Å². The number of hydrogen-bond acceptors (Lipinski definition) is 2. The first-order valence-corrected chi connectivity index (χ1v) is 6.88. The van der Waals surface area contributed by atoms with Crippen LogP contribution in [0.25, 0.3) is 10.9 Å². The van der Waals surface area contributed by atoms with E-state index >= 15 is 0 Å². The summed E-state index contributed by atoms with van der Waals surface area (Å²) < 4.78 is 0. The third-order valence-corrected chi connectivity index (χ3v) is 3.33. The molecule has 0 fully saturated rings. The lowest BCUT2D eigenvalue weighted by atomic mass is 10.1. The number of fused-ring (bicyclic) bond motifs is 1. The smallest absolute Gasteiger partial charge is 0.0725 e. The first kappa shape index (κ1) is 13.2. The van der Waals surface area contributed by atoms with Gasteiger partial charge in [0.05, 0.1) is 10.9 Å². The van der Waals surface area contributed by atoms with Gasteiger partial charge in [-0.05, 0) is 25.5 Å². The van der Waals surface area contributed by atoms with E-state index in [2.05, 4.69) is 29.4 Å². The lowest BCUT2D eigenvalue weighted by molar-refractivity contribution is 0.752. The molecule has 0 aliphatic rings. The van der Waals surface area contributed by atoms with Crippen LogP contribution in [0, 0.1) is 6.92 Å². The number of pyridine rings is 1. The molecule has 1 aromatic heterocycles. The standard InChI is InChI=1S/C15H19ClN2/c1-3-6-12(16)10-17-15-9-11(2)18-14-8-5-4-7-13(14)15/h4-5,7-9,12H,3,6,10H2,1-2H3,(H,17,18). The SMILES string of the molecule is CCCC(Cl)CNc1cc(C)nc2ccccc12. The van der Waals surface area contributed by atoms with Crippen molar-refractivity contribution in [3.8, 4) is 0 Å². The Morgan fingerprint density at radius 1 is 1.33 bits per heavy atom. The molecule has 0 radical (unpaired) electrons. The fourth-order valence-electron chi connectivity index (χ4n) is 2.09. The van der Waals surface area contributed by atoms with Crippen molar-refractivity contribution in [3.05, 3.63) is 36.0 Å². The maximum atomic E-state index is 6.24. The van der Waals surface area contributed by atoms with E-state index in [-0.39, 0.29) is 5.38 Å². The number of nitrogens with one attached hydrogen (secondary N) is 1. The van der Waals surface area contributed by atoms with Crippen molar-refractivity contribution >= 4 is 28.2 Å². The predicted molar refractivity (Wildman–Crippen MR) is 79.5 cm³/mol. The summed E-state index contributed by atoms with van der Waals surface area (Å²) in [6.45, 7) is 4.96. The number of nitrogens with zero attached hydrogens (tertiary/aromatic N) is 1. The van der Waals surface area contributed by atoms with E-state index in [0.29, 0.717) is 0 Å². The lowest BCUT2D eigenvalue weighted by Crippen LogP contribution is -2.14. The topological polar surface area (TPSA) is 24.9 Å². The molecule has 2 aromatic rings. The van der Waals surface area contributed by atoms with Crippen molar-refractivity contribution in [2.24, 2.45) is 0 Å². The van der Waals surface area contributed by atoms with Crippen molar-refractivity contribution in [3.63, 3.8) is 0 Å². The van der Waals surface area contributed by atoms with Gasteiger partial charge in [-0.15, -0.1) is 11.6 Å². The highest BCUT2D eigenvalue weighted by atomic mass is 35.5. The van der Waals surface area contributed by atoms with Gasteiger partial charge >= 0.3 is 0 Å². The molecule has 1 N–H and O–H groups in total. The molecule has 0 aliphatic heterocycles. The van der Waals surface area contributed by atoms with E-state index in [9.17, 15) is 0 Å². The van der Waals surface area contributed by atoms with E-state index in [1.54, 1.807) is 0 Å². The quantitative estimate of drug-likeness (QED) is 0.810. The highest BCUT2D eigenvalue weighted by molar-refractivity contribution is 6.20. The van der Waals surface area contributed by atoms with E-state index in [1.807, 2.05) is 25.1 Å². The Bertz CT molecular complexity index is 525. The second kappa shape index (κ2) is 6.05. The fraction of sp³-hybridized carbons (Fsp3) is 0.400. The Kier molecular flexibility index (Phi) is 4.43. The summed E-state index contributed by atoms with van der Waals surface area (Å²) in [6, 6.07) is 10.3. The number of benzene rings is 1. The number of aryl methyl sites for hydroxylation is 1. The molecule has 1 unspecified atom stereocenters. The molecule has 2 rings (SSSR count). The van der Waals surface area contributed by atoms with Crippen LogP contribution < -0.4 is 5.32 Å². The van der Waals surface area contributed by atoms with Crippen LogP contribution in [-0.4, -0.2) is 16.9 Å². The average molecular weight is 263 g/mol. The normalized spacial score (nSPS) is 12.6. The molecule has 1 aromatic carbocycles. The largest absolute Gasteiger partial charge is 0.383 e. The van der Waals surface area contributed by atoms with Crippen LogP contribution in [0.4, 0.5) is 5.69 Å². The molecular formula is C15H19ClN2. The molecule has 3 heteroatoms. The van der Waals surface area contributed by atoms with Crippen LogP contribution in [0.5, 0.6) is 0 Å². The number of halogens is 1. The van der Waals surface area contributed by atoms with Gasteiger partial charge in [0.2, 0.25) is 0 Å². The van der Waals surface area contributed by atoms with Gasteiger partial charge in [-0.1, -0.05) is 31.5 Å². The first-order valence-electron chi connectivity index (χ1n) is 6.45. The summed E-state index contributed by atoms with van der Waals surface area (Å²) in [5, 5.41) is 4.78. The zero-order chi connectivity index (χ0) is 13.0. The number of hydrogen-bond donors (Lipinski definition) is 1. The highest BCUT2D eigenvalue weighted by Gasteiger charge is 2.06. The molecule has 0 spiro atoms. The lowest BCUT2D eigenvalue weighted by Gasteiger charge is -2.13. The van der Waals surface area contributed by atoms with Gasteiger partial charge in [-0.2, -0.15) is 0 Å². The molecule has 0 saturated heterocycles. The second-order valence-electron chi connectivity index (χ2n) is 4.60. The van der Waals surface area contributed by atoms with Crippen molar-refractivity contribution in [2.75, 3.05) is 11.9 Å². The molecule has 0 bridgehead atoms. The van der Waals surface area contributed by atoms with E-state index in [1.165, 1.54) is 0 Å². The molecule has 1 atom stereocenters. The van der Waals surface area contributed by atoms with Gasteiger partial charge in [0.1, 0.15) is 0 Å². The number of para-hydroxylation sites is 1. The molecule has 96 valence electrons. The molecule has 18 heavy (non-hydrogen) atoms. The first-order chi connectivity index (χ1) is 8.70. The van der Waals surface area contributed by atoms with Crippen LogP contribution in [0.3, 0.4) is 0 Å². The zero-order valence-electron chi connectivity index (χ0n) is 10.9. The van der Waals surface area contributed by atoms with Gasteiger partial charge in [0, 0.05) is 23.3 Å². The predicted octanol–water partition coefficient (Wildman–Crippen LogP) is 4.36. The number of aromatic nitrogens is 1. The molecule has 0 amide bonds. The van der Waals surface area contributed by atoms with Crippen LogP contribution in [0.2, 0.25) is 0 Å². The molecule has 1 heterocycles. The average Bonchev–Trinajstić information content (AvgIpc) is 2.36. The number of anilines is 1. The minimum absolute atomic E-state index is 0.183. The third kappa shape index (κ3) is 3.14. The summed E-state index contributed by atoms with van der Waals surface area (Å²) in [6.07, 6.45) is 2.16. The number of rotatable bonds is 5. The molecular weight excluding hydrogens is 244 g/mol. The Morgan fingerprint density at radius 2 is 2.11 bits per heavy atom. The molecule has 2 nitrogen and oxygen atoms in total. The Labute approximate surface area is 113 Å². The van der Waals surface area contributed by atoms with Crippen molar-refractivity contribution in [1.82, 2.24) is 4.98 Å². The monoisotopic (exact) mass is 262 g/mol. The third-order valence-electron chi connectivity index (χ3n) is 2.96. The highest BCUT2D eigenvalue weighted by Crippen LogP contribution is 2.23. The fourth-order valence-corrected chi connectivity index (χ4v) is 2.39. The van der Waals surface area contributed by atoms with Gasteiger partial charge < -0.3 is 5.32 Å². The van der Waals surface area contributed by atoms with Crippen LogP contribution in [-0.2, 0) is 0 Å². The van der Waals surface area contributed by atoms with Gasteiger partial charge in [-0.25, -0.2) is 0 Å².